The molecule has 0 spiro atoms. The highest BCUT2D eigenvalue weighted by Crippen LogP contribution is 2.38. The minimum Gasteiger partial charge on any atom is -0.494 e. The standard InChI is InChI=1S/C17H18ClN5O2S/c1-21-10-19-9-12(21)16(24)22-5-7-23(8-6-22)17-20-14-13(25-2)4-3-11(18)15(14)26-17/h3-4,9-10H,5-8H2,1-2H3. The molecule has 1 saturated heterocycles. The quantitative estimate of drug-likeness (QED) is 0.686. The second-order valence-corrected chi connectivity index (χ2v) is 7.48. The van der Waals surface area contributed by atoms with Crippen LogP contribution in [0.4, 0.5) is 5.13 Å². The molecule has 0 unspecified atom stereocenters. The Morgan fingerprint density at radius 1 is 1.27 bits per heavy atom. The molecule has 0 saturated carbocycles. The summed E-state index contributed by atoms with van der Waals surface area (Å²) in [6.07, 6.45) is 3.25. The summed E-state index contributed by atoms with van der Waals surface area (Å²) in [7, 11) is 3.46. The Hall–Kier alpha value is -2.32. The Morgan fingerprint density at radius 2 is 2.04 bits per heavy atom. The second-order valence-electron chi connectivity index (χ2n) is 6.09. The molecule has 136 valence electrons. The average molecular weight is 392 g/mol. The summed E-state index contributed by atoms with van der Waals surface area (Å²) in [5, 5.41) is 1.58. The Bertz CT molecular complexity index is 961. The molecule has 0 bridgehead atoms. The van der Waals surface area contributed by atoms with Gasteiger partial charge in [-0.05, 0) is 12.1 Å². The highest BCUT2D eigenvalue weighted by Gasteiger charge is 2.26. The number of fused-ring (bicyclic) bond motifs is 1. The zero-order valence-corrected chi connectivity index (χ0v) is 16.0. The van der Waals surface area contributed by atoms with Gasteiger partial charge in [-0.15, -0.1) is 0 Å². The number of anilines is 1. The number of nitrogens with zero attached hydrogens (tertiary/aromatic N) is 5. The van der Waals surface area contributed by atoms with Gasteiger partial charge in [-0.1, -0.05) is 22.9 Å². The third kappa shape index (κ3) is 2.89. The Kier molecular flexibility index (Phi) is 4.46. The molecule has 2 aromatic heterocycles. The first kappa shape index (κ1) is 17.1. The molecule has 0 aliphatic carbocycles. The average Bonchev–Trinajstić information content (AvgIpc) is 3.29. The Morgan fingerprint density at radius 3 is 2.69 bits per heavy atom. The number of methoxy groups -OCH3 is 1. The van der Waals surface area contributed by atoms with E-state index in [0.29, 0.717) is 23.8 Å². The maximum absolute atomic E-state index is 12.6. The lowest BCUT2D eigenvalue weighted by Crippen LogP contribution is -2.49. The number of carbonyl (C=O) groups is 1. The number of aromatic nitrogens is 3. The first-order chi connectivity index (χ1) is 12.6. The summed E-state index contributed by atoms with van der Waals surface area (Å²) < 4.78 is 8.06. The van der Waals surface area contributed by atoms with Crippen LogP contribution in [0.5, 0.6) is 5.75 Å². The maximum atomic E-state index is 12.6. The van der Waals surface area contributed by atoms with Crippen LogP contribution in [0.25, 0.3) is 10.2 Å². The van der Waals surface area contributed by atoms with Crippen molar-refractivity contribution in [3.63, 3.8) is 0 Å². The lowest BCUT2D eigenvalue weighted by atomic mass is 10.3. The van der Waals surface area contributed by atoms with Crippen LogP contribution in [-0.4, -0.2) is 58.6 Å². The van der Waals surface area contributed by atoms with Crippen molar-refractivity contribution in [2.45, 2.75) is 0 Å². The summed E-state index contributed by atoms with van der Waals surface area (Å²) in [4.78, 5) is 25.4. The topological polar surface area (TPSA) is 63.5 Å². The number of ether oxygens (including phenoxy) is 1. The molecular formula is C17H18ClN5O2S. The minimum atomic E-state index is 0.0127. The molecule has 1 aromatic carbocycles. The summed E-state index contributed by atoms with van der Waals surface area (Å²) in [5.74, 6) is 0.732. The Labute approximate surface area is 159 Å². The zero-order valence-electron chi connectivity index (χ0n) is 14.5. The van der Waals surface area contributed by atoms with Gasteiger partial charge < -0.3 is 19.1 Å². The molecule has 26 heavy (non-hydrogen) atoms. The van der Waals surface area contributed by atoms with Crippen molar-refractivity contribution in [2.24, 2.45) is 7.05 Å². The van der Waals surface area contributed by atoms with E-state index in [1.54, 1.807) is 35.5 Å². The molecule has 1 aliphatic heterocycles. The van der Waals surface area contributed by atoms with E-state index in [-0.39, 0.29) is 5.91 Å². The van der Waals surface area contributed by atoms with Gasteiger partial charge in [0, 0.05) is 33.2 Å². The number of rotatable bonds is 3. The number of carbonyl (C=O) groups excluding carboxylic acids is 1. The molecule has 0 atom stereocenters. The SMILES string of the molecule is COc1ccc(Cl)c2sc(N3CCN(C(=O)c4cncn4C)CC3)nc12. The van der Waals surface area contributed by atoms with Crippen LogP contribution in [0.2, 0.25) is 5.02 Å². The van der Waals surface area contributed by atoms with Gasteiger partial charge in [0.25, 0.3) is 5.91 Å². The van der Waals surface area contributed by atoms with Crippen molar-refractivity contribution in [3.05, 3.63) is 35.4 Å². The van der Waals surface area contributed by atoms with E-state index >= 15 is 0 Å². The fourth-order valence-electron chi connectivity index (χ4n) is 3.07. The molecule has 0 radical (unpaired) electrons. The van der Waals surface area contributed by atoms with Gasteiger partial charge in [0.2, 0.25) is 0 Å². The number of halogens is 1. The molecule has 0 N–H and O–H groups in total. The monoisotopic (exact) mass is 391 g/mol. The van der Waals surface area contributed by atoms with Crippen LogP contribution in [0.15, 0.2) is 24.7 Å². The predicted molar refractivity (Wildman–Crippen MR) is 103 cm³/mol. The highest BCUT2D eigenvalue weighted by molar-refractivity contribution is 7.22. The number of hydrogen-bond acceptors (Lipinski definition) is 6. The fourth-order valence-corrected chi connectivity index (χ4v) is 4.38. The summed E-state index contributed by atoms with van der Waals surface area (Å²) in [6, 6.07) is 3.66. The third-order valence-corrected chi connectivity index (χ3v) is 6.12. The number of benzene rings is 1. The van der Waals surface area contributed by atoms with E-state index in [1.807, 2.05) is 24.1 Å². The third-order valence-electron chi connectivity index (χ3n) is 4.54. The van der Waals surface area contributed by atoms with E-state index in [0.717, 1.165) is 34.2 Å². The summed E-state index contributed by atoms with van der Waals surface area (Å²) >= 11 is 7.87. The second kappa shape index (κ2) is 6.77. The number of imidazole rings is 1. The fraction of sp³-hybridized carbons (Fsp3) is 0.353. The van der Waals surface area contributed by atoms with Crippen molar-refractivity contribution in [3.8, 4) is 5.75 Å². The van der Waals surface area contributed by atoms with Crippen molar-refractivity contribution < 1.29 is 9.53 Å². The zero-order chi connectivity index (χ0) is 18.3. The molecule has 1 aliphatic rings. The van der Waals surface area contributed by atoms with Crippen LogP contribution >= 0.6 is 22.9 Å². The van der Waals surface area contributed by atoms with Crippen LogP contribution in [-0.2, 0) is 7.05 Å². The van der Waals surface area contributed by atoms with E-state index in [9.17, 15) is 4.79 Å². The molecule has 9 heteroatoms. The van der Waals surface area contributed by atoms with Crippen molar-refractivity contribution in [2.75, 3.05) is 38.2 Å². The van der Waals surface area contributed by atoms with Crippen molar-refractivity contribution in [1.82, 2.24) is 19.4 Å². The van der Waals surface area contributed by atoms with Gasteiger partial charge in [-0.3, -0.25) is 4.79 Å². The van der Waals surface area contributed by atoms with Gasteiger partial charge in [-0.25, -0.2) is 9.97 Å². The largest absolute Gasteiger partial charge is 0.494 e. The number of aryl methyl sites for hydroxylation is 1. The molecule has 4 rings (SSSR count). The molecule has 3 heterocycles. The van der Waals surface area contributed by atoms with E-state index < -0.39 is 0 Å². The summed E-state index contributed by atoms with van der Waals surface area (Å²) in [6.45, 7) is 2.74. The van der Waals surface area contributed by atoms with E-state index in [2.05, 4.69) is 9.88 Å². The van der Waals surface area contributed by atoms with Crippen LogP contribution in [0, 0.1) is 0 Å². The number of piperazine rings is 1. The van der Waals surface area contributed by atoms with E-state index in [4.69, 9.17) is 21.3 Å². The number of thiazole rings is 1. The first-order valence-electron chi connectivity index (χ1n) is 8.22. The lowest BCUT2D eigenvalue weighted by molar-refractivity contribution is 0.0737. The molecule has 1 amide bonds. The van der Waals surface area contributed by atoms with E-state index in [1.165, 1.54) is 0 Å². The summed E-state index contributed by atoms with van der Waals surface area (Å²) in [5.41, 5.74) is 1.39. The van der Waals surface area contributed by atoms with Crippen LogP contribution < -0.4 is 9.64 Å². The lowest BCUT2D eigenvalue weighted by Gasteiger charge is -2.34. The predicted octanol–water partition coefficient (Wildman–Crippen LogP) is 2.65. The number of amides is 1. The maximum Gasteiger partial charge on any atom is 0.272 e. The molecule has 7 nitrogen and oxygen atoms in total. The van der Waals surface area contributed by atoms with Gasteiger partial charge in [0.05, 0.1) is 29.4 Å². The first-order valence-corrected chi connectivity index (χ1v) is 9.41. The highest BCUT2D eigenvalue weighted by atomic mass is 35.5. The van der Waals surface area contributed by atoms with Crippen LogP contribution in [0.1, 0.15) is 10.5 Å². The molecular weight excluding hydrogens is 374 g/mol. The molecule has 3 aromatic rings. The van der Waals surface area contributed by atoms with Gasteiger partial charge in [0.1, 0.15) is 17.0 Å². The smallest absolute Gasteiger partial charge is 0.272 e. The van der Waals surface area contributed by atoms with Crippen molar-refractivity contribution >= 4 is 44.2 Å². The normalized spacial score (nSPS) is 14.9. The van der Waals surface area contributed by atoms with Gasteiger partial charge in [0.15, 0.2) is 5.13 Å². The van der Waals surface area contributed by atoms with Gasteiger partial charge in [-0.2, -0.15) is 0 Å². The Balaban J connectivity index is 1.52. The van der Waals surface area contributed by atoms with Crippen LogP contribution in [0.3, 0.4) is 0 Å². The minimum absolute atomic E-state index is 0.0127. The van der Waals surface area contributed by atoms with Gasteiger partial charge >= 0.3 is 0 Å². The number of hydrogen-bond donors (Lipinski definition) is 0. The van der Waals surface area contributed by atoms with Crippen molar-refractivity contribution in [1.29, 1.82) is 0 Å². The molecule has 1 fully saturated rings.